The summed E-state index contributed by atoms with van der Waals surface area (Å²) in [4.78, 5) is 11.6. The lowest BCUT2D eigenvalue weighted by Crippen LogP contribution is -2.03. The van der Waals surface area contributed by atoms with Crippen LogP contribution in [0.1, 0.15) is 18.1 Å². The van der Waals surface area contributed by atoms with E-state index in [0.29, 0.717) is 18.1 Å². The van der Waals surface area contributed by atoms with E-state index >= 15 is 0 Å². The quantitative estimate of drug-likeness (QED) is 0.440. The van der Waals surface area contributed by atoms with Crippen LogP contribution < -0.4 is 9.47 Å². The van der Waals surface area contributed by atoms with Gasteiger partial charge in [0.2, 0.25) is 0 Å². The van der Waals surface area contributed by atoms with E-state index < -0.39 is 0 Å². The van der Waals surface area contributed by atoms with E-state index in [1.54, 1.807) is 27.2 Å². The predicted octanol–water partition coefficient (Wildman–Crippen LogP) is 3.72. The summed E-state index contributed by atoms with van der Waals surface area (Å²) >= 11 is 0. The molecule has 0 aliphatic rings. The average Bonchev–Trinajstić information content (AvgIpc) is 2.58. The van der Waals surface area contributed by atoms with Crippen LogP contribution in [0.25, 0.3) is 16.8 Å². The summed E-state index contributed by atoms with van der Waals surface area (Å²) in [7, 11) is 3.15. The maximum atomic E-state index is 11.6. The molecule has 24 heavy (non-hydrogen) atoms. The van der Waals surface area contributed by atoms with Gasteiger partial charge in [0.15, 0.2) is 18.3 Å². The van der Waals surface area contributed by atoms with Gasteiger partial charge in [0.05, 0.1) is 13.7 Å². The van der Waals surface area contributed by atoms with Gasteiger partial charge in [0, 0.05) is 18.6 Å². The Bertz CT molecular complexity index is 749. The number of ether oxygens (including phenoxy) is 4. The molecule has 0 radical (unpaired) electrons. The number of carbonyl (C=O) groups is 1. The first-order valence-corrected chi connectivity index (χ1v) is 7.69. The van der Waals surface area contributed by atoms with Crippen molar-refractivity contribution < 1.29 is 23.7 Å². The molecule has 0 spiro atoms. The maximum absolute atomic E-state index is 11.6. The standard InChI is InChI=1S/C19H22O5/c1-5-23-17(20)10-9-14-11-16(22-4)19(24-12-21-3)18-13(2)7-6-8-15(14)18/h6-11H,5,12H2,1-4H3/b10-9+. The molecule has 0 atom stereocenters. The van der Waals surface area contributed by atoms with Crippen molar-refractivity contribution in [2.75, 3.05) is 27.6 Å². The third-order valence-electron chi connectivity index (χ3n) is 3.55. The first-order valence-electron chi connectivity index (χ1n) is 7.69. The first-order chi connectivity index (χ1) is 11.6. The van der Waals surface area contributed by atoms with Crippen LogP contribution in [0.5, 0.6) is 11.5 Å². The third-order valence-corrected chi connectivity index (χ3v) is 3.55. The highest BCUT2D eigenvalue weighted by molar-refractivity contribution is 6.01. The fourth-order valence-corrected chi connectivity index (χ4v) is 2.52. The molecule has 0 saturated heterocycles. The van der Waals surface area contributed by atoms with Gasteiger partial charge < -0.3 is 18.9 Å². The fraction of sp³-hybridized carbons (Fsp3) is 0.316. The van der Waals surface area contributed by atoms with Crippen LogP contribution in [0.3, 0.4) is 0 Å². The van der Waals surface area contributed by atoms with Crippen molar-refractivity contribution in [3.8, 4) is 11.5 Å². The molecule has 0 saturated carbocycles. The number of hydrogen-bond acceptors (Lipinski definition) is 5. The average molecular weight is 330 g/mol. The molecule has 2 aromatic rings. The zero-order valence-electron chi connectivity index (χ0n) is 14.4. The van der Waals surface area contributed by atoms with Crippen LogP contribution >= 0.6 is 0 Å². The SMILES string of the molecule is CCOC(=O)/C=C/c1cc(OC)c(OCOC)c2c(C)cccc12. The van der Waals surface area contributed by atoms with Crippen molar-refractivity contribution in [3.63, 3.8) is 0 Å². The molecule has 2 aromatic carbocycles. The molecule has 0 aliphatic carbocycles. The van der Waals surface area contributed by atoms with E-state index in [2.05, 4.69) is 0 Å². The van der Waals surface area contributed by atoms with Crippen molar-refractivity contribution in [1.29, 1.82) is 0 Å². The third kappa shape index (κ3) is 3.86. The van der Waals surface area contributed by atoms with Gasteiger partial charge in [-0.15, -0.1) is 0 Å². The number of methoxy groups -OCH3 is 2. The van der Waals surface area contributed by atoms with Gasteiger partial charge in [-0.1, -0.05) is 18.2 Å². The lowest BCUT2D eigenvalue weighted by molar-refractivity contribution is -0.137. The van der Waals surface area contributed by atoms with Crippen LogP contribution in [0.15, 0.2) is 30.3 Å². The van der Waals surface area contributed by atoms with E-state index in [1.165, 1.54) is 6.08 Å². The molecule has 2 rings (SSSR count). The maximum Gasteiger partial charge on any atom is 0.330 e. The predicted molar refractivity (Wildman–Crippen MR) is 93.4 cm³/mol. The van der Waals surface area contributed by atoms with Crippen LogP contribution in [0, 0.1) is 6.92 Å². The molecular weight excluding hydrogens is 308 g/mol. The van der Waals surface area contributed by atoms with Gasteiger partial charge in [-0.05, 0) is 42.5 Å². The van der Waals surface area contributed by atoms with E-state index in [4.69, 9.17) is 18.9 Å². The Morgan fingerprint density at radius 3 is 2.71 bits per heavy atom. The van der Waals surface area contributed by atoms with Crippen molar-refractivity contribution >= 4 is 22.8 Å². The summed E-state index contributed by atoms with van der Waals surface area (Å²) < 4.78 is 21.1. The number of fused-ring (bicyclic) bond motifs is 1. The molecule has 5 nitrogen and oxygen atoms in total. The topological polar surface area (TPSA) is 54.0 Å². The van der Waals surface area contributed by atoms with Gasteiger partial charge in [-0.25, -0.2) is 4.79 Å². The van der Waals surface area contributed by atoms with Crippen molar-refractivity contribution in [2.24, 2.45) is 0 Å². The molecule has 0 heterocycles. The van der Waals surface area contributed by atoms with Gasteiger partial charge in [0.1, 0.15) is 0 Å². The Morgan fingerprint density at radius 1 is 1.25 bits per heavy atom. The zero-order valence-corrected chi connectivity index (χ0v) is 14.4. The molecule has 0 aliphatic heterocycles. The minimum absolute atomic E-state index is 0.123. The van der Waals surface area contributed by atoms with Gasteiger partial charge >= 0.3 is 5.97 Å². The van der Waals surface area contributed by atoms with E-state index in [9.17, 15) is 4.79 Å². The number of hydrogen-bond donors (Lipinski definition) is 0. The molecule has 0 aromatic heterocycles. The Kier molecular flexibility index (Phi) is 6.21. The molecule has 5 heteroatoms. The lowest BCUT2D eigenvalue weighted by atomic mass is 9.98. The summed E-state index contributed by atoms with van der Waals surface area (Å²) in [5.41, 5.74) is 1.90. The molecule has 0 amide bonds. The van der Waals surface area contributed by atoms with E-state index in [-0.39, 0.29) is 12.8 Å². The van der Waals surface area contributed by atoms with Crippen LogP contribution in [-0.4, -0.2) is 33.6 Å². The molecule has 0 bridgehead atoms. The molecule has 0 fully saturated rings. The number of rotatable bonds is 7. The number of carbonyl (C=O) groups excluding carboxylic acids is 1. The minimum Gasteiger partial charge on any atom is -0.493 e. The van der Waals surface area contributed by atoms with Crippen LogP contribution in [-0.2, 0) is 14.3 Å². The smallest absolute Gasteiger partial charge is 0.330 e. The first kappa shape index (κ1) is 17.8. The highest BCUT2D eigenvalue weighted by Crippen LogP contribution is 2.40. The summed E-state index contributed by atoms with van der Waals surface area (Å²) in [5, 5.41) is 1.89. The monoisotopic (exact) mass is 330 g/mol. The Hall–Kier alpha value is -2.53. The zero-order chi connectivity index (χ0) is 17.5. The summed E-state index contributed by atoms with van der Waals surface area (Å²) in [6, 6.07) is 7.78. The number of benzene rings is 2. The Balaban J connectivity index is 2.61. The highest BCUT2D eigenvalue weighted by Gasteiger charge is 2.15. The van der Waals surface area contributed by atoms with Crippen LogP contribution in [0.2, 0.25) is 0 Å². The minimum atomic E-state index is -0.378. The van der Waals surface area contributed by atoms with Crippen molar-refractivity contribution in [3.05, 3.63) is 41.5 Å². The van der Waals surface area contributed by atoms with Crippen LogP contribution in [0.4, 0.5) is 0 Å². The van der Waals surface area contributed by atoms with Gasteiger partial charge in [-0.2, -0.15) is 0 Å². The van der Waals surface area contributed by atoms with E-state index in [0.717, 1.165) is 21.9 Å². The second-order valence-corrected chi connectivity index (χ2v) is 5.13. The Morgan fingerprint density at radius 2 is 2.04 bits per heavy atom. The summed E-state index contributed by atoms with van der Waals surface area (Å²) in [6.45, 7) is 4.24. The Labute approximate surface area is 141 Å². The van der Waals surface area contributed by atoms with Gasteiger partial charge in [0.25, 0.3) is 0 Å². The summed E-state index contributed by atoms with van der Waals surface area (Å²) in [6.07, 6.45) is 3.14. The fourth-order valence-electron chi connectivity index (χ4n) is 2.52. The highest BCUT2D eigenvalue weighted by atomic mass is 16.7. The normalized spacial score (nSPS) is 11.0. The number of aryl methyl sites for hydroxylation is 1. The molecule has 128 valence electrons. The van der Waals surface area contributed by atoms with Crippen molar-refractivity contribution in [2.45, 2.75) is 13.8 Å². The number of esters is 1. The summed E-state index contributed by atoms with van der Waals surface area (Å²) in [5.74, 6) is 0.829. The van der Waals surface area contributed by atoms with Gasteiger partial charge in [-0.3, -0.25) is 0 Å². The largest absolute Gasteiger partial charge is 0.493 e. The van der Waals surface area contributed by atoms with Crippen molar-refractivity contribution in [1.82, 2.24) is 0 Å². The molecule has 0 N–H and O–H groups in total. The second-order valence-electron chi connectivity index (χ2n) is 5.13. The van der Waals surface area contributed by atoms with E-state index in [1.807, 2.05) is 31.2 Å². The lowest BCUT2D eigenvalue weighted by Gasteiger charge is -2.16. The molecule has 0 unspecified atom stereocenters. The second kappa shape index (κ2) is 8.36. The molecular formula is C19H22O5.